The molecule has 142 valence electrons. The average molecular weight is 430 g/mol. The lowest BCUT2D eigenvalue weighted by Gasteiger charge is -2.04. The number of amides is 1. The number of hydrogen-bond acceptors (Lipinski definition) is 6. The van der Waals surface area contributed by atoms with Crippen LogP contribution in [0.2, 0.25) is 5.02 Å². The van der Waals surface area contributed by atoms with E-state index in [0.717, 1.165) is 21.6 Å². The molecule has 2 aromatic carbocycles. The van der Waals surface area contributed by atoms with Gasteiger partial charge in [0.25, 0.3) is 0 Å². The monoisotopic (exact) mass is 429 g/mol. The summed E-state index contributed by atoms with van der Waals surface area (Å²) in [6.07, 6.45) is 0.652. The van der Waals surface area contributed by atoms with Crippen LogP contribution < -0.4 is 5.32 Å². The number of fused-ring (bicyclic) bond motifs is 1. The molecule has 0 aliphatic heterocycles. The van der Waals surface area contributed by atoms with Gasteiger partial charge in [-0.15, -0.1) is 10.2 Å². The molecule has 1 amide bonds. The van der Waals surface area contributed by atoms with Gasteiger partial charge in [-0.25, -0.2) is 4.98 Å². The number of anilines is 1. The molecule has 4 rings (SSSR count). The molecular formula is C19H16ClN5OS2. The summed E-state index contributed by atoms with van der Waals surface area (Å²) in [5.41, 5.74) is 1.99. The highest BCUT2D eigenvalue weighted by Crippen LogP contribution is 2.26. The number of carbonyl (C=O) groups excluding carboxylic acids is 1. The molecule has 0 aliphatic carbocycles. The van der Waals surface area contributed by atoms with Crippen molar-refractivity contribution in [3.8, 4) is 0 Å². The van der Waals surface area contributed by atoms with Gasteiger partial charge in [0.1, 0.15) is 5.82 Å². The molecule has 0 radical (unpaired) electrons. The molecule has 0 saturated carbocycles. The van der Waals surface area contributed by atoms with Crippen LogP contribution in [-0.4, -0.2) is 31.4 Å². The average Bonchev–Trinajstić information content (AvgIpc) is 3.25. The Balaban J connectivity index is 1.36. The van der Waals surface area contributed by atoms with E-state index in [1.54, 1.807) is 0 Å². The summed E-state index contributed by atoms with van der Waals surface area (Å²) in [4.78, 5) is 16.7. The summed E-state index contributed by atoms with van der Waals surface area (Å²) in [6, 6.07) is 15.4. The van der Waals surface area contributed by atoms with Crippen molar-refractivity contribution in [1.82, 2.24) is 19.7 Å². The van der Waals surface area contributed by atoms with Crippen molar-refractivity contribution in [1.29, 1.82) is 0 Å². The van der Waals surface area contributed by atoms with E-state index in [9.17, 15) is 4.79 Å². The van der Waals surface area contributed by atoms with Gasteiger partial charge in [0.2, 0.25) is 5.91 Å². The van der Waals surface area contributed by atoms with Crippen LogP contribution in [0.5, 0.6) is 0 Å². The topological polar surface area (TPSA) is 72.7 Å². The van der Waals surface area contributed by atoms with E-state index in [0.29, 0.717) is 21.7 Å². The van der Waals surface area contributed by atoms with Crippen LogP contribution in [0.4, 0.5) is 5.13 Å². The van der Waals surface area contributed by atoms with E-state index in [1.807, 2.05) is 60.1 Å². The summed E-state index contributed by atoms with van der Waals surface area (Å²) < 4.78 is 2.95. The predicted molar refractivity (Wildman–Crippen MR) is 114 cm³/mol. The maximum absolute atomic E-state index is 12.3. The van der Waals surface area contributed by atoms with Crippen LogP contribution in [0.1, 0.15) is 11.4 Å². The first kappa shape index (κ1) is 18.9. The second kappa shape index (κ2) is 8.30. The van der Waals surface area contributed by atoms with Crippen LogP contribution >= 0.6 is 34.7 Å². The lowest BCUT2D eigenvalue weighted by molar-refractivity contribution is -0.113. The molecule has 0 atom stereocenters. The van der Waals surface area contributed by atoms with Gasteiger partial charge in [-0.1, -0.05) is 59.0 Å². The minimum absolute atomic E-state index is 0.119. The standard InChI is InChI=1S/C19H16ClN5OS2/c1-25-16(10-12-6-8-13(20)9-7-12)23-24-19(25)27-11-17(26)22-18-21-14-4-2-3-5-15(14)28-18/h2-9H,10-11H2,1H3,(H,21,22,26). The molecule has 0 saturated heterocycles. The number of aromatic nitrogens is 4. The number of halogens is 1. The number of rotatable bonds is 6. The number of thiazole rings is 1. The number of carbonyl (C=O) groups is 1. The summed E-state index contributed by atoms with van der Waals surface area (Å²) in [5, 5.41) is 13.3. The van der Waals surface area contributed by atoms with E-state index in [2.05, 4.69) is 20.5 Å². The maximum atomic E-state index is 12.3. The minimum Gasteiger partial charge on any atom is -0.309 e. The van der Waals surface area contributed by atoms with Crippen LogP contribution in [0.3, 0.4) is 0 Å². The van der Waals surface area contributed by atoms with Crippen LogP contribution in [0.15, 0.2) is 53.7 Å². The first-order valence-corrected chi connectivity index (χ1v) is 10.7. The molecule has 6 nitrogen and oxygen atoms in total. The van der Waals surface area contributed by atoms with Crippen molar-refractivity contribution in [3.63, 3.8) is 0 Å². The number of benzene rings is 2. The van der Waals surface area contributed by atoms with Gasteiger partial charge >= 0.3 is 0 Å². The van der Waals surface area contributed by atoms with E-state index >= 15 is 0 Å². The van der Waals surface area contributed by atoms with Crippen molar-refractivity contribution >= 4 is 56.0 Å². The normalized spacial score (nSPS) is 11.1. The first-order chi connectivity index (χ1) is 13.6. The van der Waals surface area contributed by atoms with Gasteiger partial charge < -0.3 is 9.88 Å². The van der Waals surface area contributed by atoms with Crippen molar-refractivity contribution in [2.24, 2.45) is 7.05 Å². The van der Waals surface area contributed by atoms with Crippen LogP contribution in [0.25, 0.3) is 10.2 Å². The van der Waals surface area contributed by atoms with E-state index in [-0.39, 0.29) is 11.7 Å². The Labute approximate surface area is 175 Å². The first-order valence-electron chi connectivity index (χ1n) is 8.49. The number of thioether (sulfide) groups is 1. The Bertz CT molecular complexity index is 1090. The zero-order chi connectivity index (χ0) is 19.5. The van der Waals surface area contributed by atoms with Gasteiger partial charge in [-0.05, 0) is 29.8 Å². The number of nitrogens with zero attached hydrogens (tertiary/aromatic N) is 4. The SMILES string of the molecule is Cn1c(Cc2ccc(Cl)cc2)nnc1SCC(=O)Nc1nc2ccccc2s1. The smallest absolute Gasteiger partial charge is 0.236 e. The highest BCUT2D eigenvalue weighted by molar-refractivity contribution is 7.99. The molecule has 0 spiro atoms. The summed E-state index contributed by atoms with van der Waals surface area (Å²) in [6.45, 7) is 0. The van der Waals surface area contributed by atoms with Crippen molar-refractivity contribution in [2.75, 3.05) is 11.1 Å². The quantitative estimate of drug-likeness (QED) is 0.460. The molecular weight excluding hydrogens is 414 g/mol. The summed E-state index contributed by atoms with van der Waals surface area (Å²) in [7, 11) is 1.90. The lowest BCUT2D eigenvalue weighted by atomic mass is 10.1. The zero-order valence-electron chi connectivity index (χ0n) is 14.9. The lowest BCUT2D eigenvalue weighted by Crippen LogP contribution is -2.14. The van der Waals surface area contributed by atoms with Crippen LogP contribution in [0, 0.1) is 0 Å². The largest absolute Gasteiger partial charge is 0.309 e. The van der Waals surface area contributed by atoms with E-state index < -0.39 is 0 Å². The third-order valence-electron chi connectivity index (χ3n) is 4.07. The Morgan fingerprint density at radius 1 is 1.18 bits per heavy atom. The second-order valence-electron chi connectivity index (χ2n) is 6.08. The molecule has 0 unspecified atom stereocenters. The van der Waals surface area contributed by atoms with Crippen molar-refractivity contribution < 1.29 is 4.79 Å². The molecule has 28 heavy (non-hydrogen) atoms. The third-order valence-corrected chi connectivity index (χ3v) is 6.30. The second-order valence-corrected chi connectivity index (χ2v) is 8.49. The summed E-state index contributed by atoms with van der Waals surface area (Å²) >= 11 is 8.73. The molecule has 2 aromatic heterocycles. The Kier molecular flexibility index (Phi) is 5.61. The fourth-order valence-corrected chi connectivity index (χ4v) is 4.36. The molecule has 0 fully saturated rings. The molecule has 0 aliphatic rings. The molecule has 1 N–H and O–H groups in total. The van der Waals surface area contributed by atoms with Gasteiger partial charge in [0.05, 0.1) is 16.0 Å². The van der Waals surface area contributed by atoms with Gasteiger partial charge in [0, 0.05) is 18.5 Å². The fourth-order valence-electron chi connectivity index (χ4n) is 2.62. The highest BCUT2D eigenvalue weighted by Gasteiger charge is 2.13. The van der Waals surface area contributed by atoms with Gasteiger partial charge in [0.15, 0.2) is 10.3 Å². The Morgan fingerprint density at radius 3 is 2.75 bits per heavy atom. The molecule has 2 heterocycles. The maximum Gasteiger partial charge on any atom is 0.236 e. The third kappa shape index (κ3) is 4.35. The number of para-hydroxylation sites is 1. The predicted octanol–water partition coefficient (Wildman–Crippen LogP) is 4.40. The van der Waals surface area contributed by atoms with Gasteiger partial charge in [-0.3, -0.25) is 4.79 Å². The summed E-state index contributed by atoms with van der Waals surface area (Å²) in [5.74, 6) is 0.950. The zero-order valence-corrected chi connectivity index (χ0v) is 17.3. The number of nitrogens with one attached hydrogen (secondary N) is 1. The van der Waals surface area contributed by atoms with Crippen molar-refractivity contribution in [3.05, 3.63) is 64.9 Å². The van der Waals surface area contributed by atoms with E-state index in [1.165, 1.54) is 23.1 Å². The Hall–Kier alpha value is -2.42. The highest BCUT2D eigenvalue weighted by atomic mass is 35.5. The van der Waals surface area contributed by atoms with E-state index in [4.69, 9.17) is 11.6 Å². The molecule has 0 bridgehead atoms. The number of hydrogen-bond donors (Lipinski definition) is 1. The molecule has 9 heteroatoms. The minimum atomic E-state index is -0.119. The molecule has 4 aromatic rings. The van der Waals surface area contributed by atoms with Crippen molar-refractivity contribution in [2.45, 2.75) is 11.6 Å². The van der Waals surface area contributed by atoms with Crippen LogP contribution in [-0.2, 0) is 18.3 Å². The Morgan fingerprint density at radius 2 is 1.96 bits per heavy atom. The fraction of sp³-hybridized carbons (Fsp3) is 0.158. The van der Waals surface area contributed by atoms with Gasteiger partial charge in [-0.2, -0.15) is 0 Å².